The van der Waals surface area contributed by atoms with Crippen molar-refractivity contribution in [2.45, 2.75) is 46.6 Å². The third-order valence-corrected chi connectivity index (χ3v) is 2.54. The Morgan fingerprint density at radius 1 is 1.00 bits per heavy atom. The zero-order valence-corrected chi connectivity index (χ0v) is 11.9. The van der Waals surface area contributed by atoms with Gasteiger partial charge in [0.25, 0.3) is 0 Å². The lowest BCUT2D eigenvalue weighted by atomic mass is 9.90. The normalized spacial score (nSPS) is 13.1. The van der Waals surface area contributed by atoms with Gasteiger partial charge in [-0.15, -0.1) is 0 Å². The van der Waals surface area contributed by atoms with Crippen LogP contribution >= 0.6 is 0 Å². The zero-order valence-electron chi connectivity index (χ0n) is 11.9. The maximum Gasteiger partial charge on any atom is 0.0467 e. The molecule has 3 heteroatoms. The number of rotatable bonds is 8. The lowest BCUT2D eigenvalue weighted by Crippen LogP contribution is -2.41. The summed E-state index contributed by atoms with van der Waals surface area (Å²) in [6.07, 6.45) is 1.10. The van der Waals surface area contributed by atoms with E-state index in [0.29, 0.717) is 5.41 Å². The summed E-state index contributed by atoms with van der Waals surface area (Å²) in [7, 11) is 1.76. The van der Waals surface area contributed by atoms with Crippen molar-refractivity contribution in [3.05, 3.63) is 0 Å². The van der Waals surface area contributed by atoms with Gasteiger partial charge in [0, 0.05) is 38.9 Å². The van der Waals surface area contributed by atoms with Crippen LogP contribution < -0.4 is 10.6 Å². The van der Waals surface area contributed by atoms with Crippen molar-refractivity contribution in [1.82, 2.24) is 10.6 Å². The van der Waals surface area contributed by atoms with Gasteiger partial charge >= 0.3 is 0 Å². The minimum Gasteiger partial charge on any atom is -0.385 e. The molecule has 0 amide bonds. The number of hydrogen-bond donors (Lipinski definition) is 2. The number of methoxy groups -OCH3 is 1. The van der Waals surface area contributed by atoms with Crippen molar-refractivity contribution < 1.29 is 4.74 Å². The summed E-state index contributed by atoms with van der Waals surface area (Å²) in [5, 5.41) is 6.95. The topological polar surface area (TPSA) is 33.3 Å². The Balaban J connectivity index is 3.50. The second kappa shape index (κ2) is 7.25. The van der Waals surface area contributed by atoms with E-state index in [9.17, 15) is 0 Å². The van der Waals surface area contributed by atoms with Crippen LogP contribution in [0.3, 0.4) is 0 Å². The van der Waals surface area contributed by atoms with E-state index >= 15 is 0 Å². The van der Waals surface area contributed by atoms with Crippen molar-refractivity contribution in [2.75, 3.05) is 33.4 Å². The molecule has 0 saturated carbocycles. The van der Waals surface area contributed by atoms with E-state index in [2.05, 4.69) is 45.3 Å². The Morgan fingerprint density at radius 2 is 1.62 bits per heavy atom. The molecule has 0 heterocycles. The predicted octanol–water partition coefficient (Wildman–Crippen LogP) is 2.03. The highest BCUT2D eigenvalue weighted by atomic mass is 16.5. The summed E-state index contributed by atoms with van der Waals surface area (Å²) in [6, 6.07) is 0. The van der Waals surface area contributed by atoms with Crippen LogP contribution in [0.4, 0.5) is 0 Å². The molecule has 0 aromatic heterocycles. The molecule has 16 heavy (non-hydrogen) atoms. The highest BCUT2D eigenvalue weighted by Crippen LogP contribution is 2.18. The van der Waals surface area contributed by atoms with Crippen LogP contribution in [0, 0.1) is 5.41 Å². The molecule has 0 aromatic carbocycles. The van der Waals surface area contributed by atoms with E-state index in [4.69, 9.17) is 4.74 Å². The lowest BCUT2D eigenvalue weighted by molar-refractivity contribution is 0.151. The van der Waals surface area contributed by atoms with Crippen molar-refractivity contribution in [3.63, 3.8) is 0 Å². The molecule has 0 atom stereocenters. The molecule has 0 aliphatic carbocycles. The van der Waals surface area contributed by atoms with Crippen molar-refractivity contribution in [2.24, 2.45) is 5.41 Å². The third kappa shape index (κ3) is 10.4. The molecule has 0 radical (unpaired) electrons. The van der Waals surface area contributed by atoms with Gasteiger partial charge in [-0.1, -0.05) is 13.8 Å². The predicted molar refractivity (Wildman–Crippen MR) is 70.9 cm³/mol. The molecule has 0 saturated heterocycles. The fraction of sp³-hybridized carbons (Fsp3) is 1.00. The van der Waals surface area contributed by atoms with E-state index in [-0.39, 0.29) is 5.54 Å². The highest BCUT2D eigenvalue weighted by Gasteiger charge is 2.16. The average molecular weight is 230 g/mol. The number of ether oxygens (including phenoxy) is 1. The zero-order chi connectivity index (χ0) is 12.7. The Kier molecular flexibility index (Phi) is 7.20. The van der Waals surface area contributed by atoms with E-state index < -0.39 is 0 Å². The van der Waals surface area contributed by atoms with Gasteiger partial charge in [0.2, 0.25) is 0 Å². The molecule has 0 fully saturated rings. The van der Waals surface area contributed by atoms with Gasteiger partial charge < -0.3 is 15.4 Å². The SMILES string of the molecule is COCCC(C)(C)CNCCNC(C)(C)C. The van der Waals surface area contributed by atoms with Crippen LogP contribution in [-0.4, -0.2) is 38.9 Å². The molecular weight excluding hydrogens is 200 g/mol. The van der Waals surface area contributed by atoms with Crippen LogP contribution in [-0.2, 0) is 4.74 Å². The summed E-state index contributed by atoms with van der Waals surface area (Å²) < 4.78 is 5.11. The van der Waals surface area contributed by atoms with Crippen molar-refractivity contribution >= 4 is 0 Å². The summed E-state index contributed by atoms with van der Waals surface area (Å²) in [4.78, 5) is 0. The minimum atomic E-state index is 0.216. The second-order valence-corrected chi connectivity index (χ2v) is 6.26. The van der Waals surface area contributed by atoms with Gasteiger partial charge in [-0.2, -0.15) is 0 Å². The van der Waals surface area contributed by atoms with Crippen LogP contribution in [0.2, 0.25) is 0 Å². The summed E-state index contributed by atoms with van der Waals surface area (Å²) in [6.45, 7) is 15.0. The van der Waals surface area contributed by atoms with Gasteiger partial charge in [0.15, 0.2) is 0 Å². The molecule has 98 valence electrons. The molecule has 0 bridgehead atoms. The Labute approximate surface area is 101 Å². The fourth-order valence-electron chi connectivity index (χ4n) is 1.42. The maximum atomic E-state index is 5.11. The summed E-state index contributed by atoms with van der Waals surface area (Å²) in [5.41, 5.74) is 0.533. The largest absolute Gasteiger partial charge is 0.385 e. The van der Waals surface area contributed by atoms with Crippen LogP contribution in [0.15, 0.2) is 0 Å². The summed E-state index contributed by atoms with van der Waals surface area (Å²) in [5.74, 6) is 0. The van der Waals surface area contributed by atoms with Crippen LogP contribution in [0.1, 0.15) is 41.0 Å². The molecule has 0 unspecified atom stereocenters. The summed E-state index contributed by atoms with van der Waals surface area (Å²) >= 11 is 0. The van der Waals surface area contributed by atoms with Gasteiger partial charge in [0.1, 0.15) is 0 Å². The molecule has 3 nitrogen and oxygen atoms in total. The molecule has 0 rings (SSSR count). The Bertz CT molecular complexity index is 173. The molecule has 2 N–H and O–H groups in total. The van der Waals surface area contributed by atoms with Gasteiger partial charge in [-0.3, -0.25) is 0 Å². The number of hydrogen-bond acceptors (Lipinski definition) is 3. The lowest BCUT2D eigenvalue weighted by Gasteiger charge is -2.25. The first-order valence-corrected chi connectivity index (χ1v) is 6.21. The van der Waals surface area contributed by atoms with Crippen LogP contribution in [0.25, 0.3) is 0 Å². The van der Waals surface area contributed by atoms with Crippen LogP contribution in [0.5, 0.6) is 0 Å². The average Bonchev–Trinajstić information content (AvgIpc) is 2.12. The van der Waals surface area contributed by atoms with Crippen molar-refractivity contribution in [3.8, 4) is 0 Å². The maximum absolute atomic E-state index is 5.11. The Morgan fingerprint density at radius 3 is 2.12 bits per heavy atom. The molecular formula is C13H30N2O. The van der Waals surface area contributed by atoms with Gasteiger partial charge in [0.05, 0.1) is 0 Å². The van der Waals surface area contributed by atoms with Crippen molar-refractivity contribution in [1.29, 1.82) is 0 Å². The second-order valence-electron chi connectivity index (χ2n) is 6.26. The molecule has 0 aliphatic heterocycles. The minimum absolute atomic E-state index is 0.216. The monoisotopic (exact) mass is 230 g/mol. The van der Waals surface area contributed by atoms with E-state index in [1.165, 1.54) is 0 Å². The fourth-order valence-corrected chi connectivity index (χ4v) is 1.42. The quantitative estimate of drug-likeness (QED) is 0.626. The van der Waals surface area contributed by atoms with E-state index in [0.717, 1.165) is 32.7 Å². The first kappa shape index (κ1) is 15.9. The molecule has 0 aromatic rings. The third-order valence-electron chi connectivity index (χ3n) is 2.54. The Hall–Kier alpha value is -0.120. The standard InChI is InChI=1S/C13H30N2O/c1-12(2,3)15-9-8-14-11-13(4,5)7-10-16-6/h14-15H,7-11H2,1-6H3. The molecule has 0 aliphatic rings. The molecule has 0 spiro atoms. The van der Waals surface area contributed by atoms with E-state index in [1.54, 1.807) is 7.11 Å². The smallest absolute Gasteiger partial charge is 0.0467 e. The van der Waals surface area contributed by atoms with Gasteiger partial charge in [-0.05, 0) is 32.6 Å². The number of nitrogens with one attached hydrogen (secondary N) is 2. The first-order valence-electron chi connectivity index (χ1n) is 6.21. The highest BCUT2D eigenvalue weighted by molar-refractivity contribution is 4.73. The first-order chi connectivity index (χ1) is 7.27. The van der Waals surface area contributed by atoms with Gasteiger partial charge in [-0.25, -0.2) is 0 Å². The van der Waals surface area contributed by atoms with E-state index in [1.807, 2.05) is 0 Å².